The van der Waals surface area contributed by atoms with Gasteiger partial charge in [0.15, 0.2) is 0 Å². The van der Waals surface area contributed by atoms with Gasteiger partial charge in [-0.15, -0.1) is 0 Å². The molecule has 0 amide bonds. The van der Waals surface area contributed by atoms with Crippen LogP contribution in [0.2, 0.25) is 5.25 Å². The number of carbonyl (C=O) groups excluding carboxylic acids is 1. The van der Waals surface area contributed by atoms with Gasteiger partial charge in [0.1, 0.15) is 0 Å². The van der Waals surface area contributed by atoms with Gasteiger partial charge in [0, 0.05) is 0 Å². The van der Waals surface area contributed by atoms with E-state index in [1.807, 2.05) is 0 Å². The van der Waals surface area contributed by atoms with Crippen molar-refractivity contribution in [1.29, 1.82) is 0 Å². The van der Waals surface area contributed by atoms with Crippen LogP contribution in [0.5, 0.6) is 0 Å². The minimum absolute atomic E-state index is 0.325. The molecule has 0 rings (SSSR count). The molecule has 0 saturated carbocycles. The Morgan fingerprint density at radius 1 is 1.50 bits per heavy atom. The predicted molar refractivity (Wildman–Crippen MR) is 48.1 cm³/mol. The molecule has 0 bridgehead atoms. The predicted octanol–water partition coefficient (Wildman–Crippen LogP) is 3.04. The Balaban J connectivity index is 3.80. The van der Waals surface area contributed by atoms with Crippen molar-refractivity contribution in [2.24, 2.45) is 5.92 Å². The van der Waals surface area contributed by atoms with Crippen molar-refractivity contribution in [3.05, 3.63) is 0 Å². The molecule has 1 atom stereocenters. The summed E-state index contributed by atoms with van der Waals surface area (Å²) in [6.45, 7) is 1.66. The van der Waals surface area contributed by atoms with Crippen LogP contribution in [0.3, 0.4) is 0 Å². The van der Waals surface area contributed by atoms with Crippen LogP contribution in [-0.4, -0.2) is 15.7 Å². The normalized spacial score (nSPS) is 14.9. The molecule has 1 unspecified atom stereocenters. The topological polar surface area (TPSA) is 17.1 Å². The Labute approximate surface area is 79.9 Å². The Kier molecular flexibility index (Phi) is 5.02. The van der Waals surface area contributed by atoms with E-state index in [2.05, 4.69) is 0 Å². The summed E-state index contributed by atoms with van der Waals surface area (Å²) in [6.07, 6.45) is 0. The molecule has 0 fully saturated rings. The molecule has 0 aromatic heterocycles. The Morgan fingerprint density at radius 2 is 1.90 bits per heavy atom. The fourth-order valence-electron chi connectivity index (χ4n) is 0.427. The number of carbonyl (C=O) groups is 1. The Hall–Kier alpha value is 1.37. The first-order chi connectivity index (χ1) is 4.33. The van der Waals surface area contributed by atoms with Crippen molar-refractivity contribution in [3.63, 3.8) is 0 Å². The van der Waals surface area contributed by atoms with Crippen LogP contribution in [-0.2, 0) is 4.79 Å². The fourth-order valence-corrected chi connectivity index (χ4v) is 6.23. The van der Waals surface area contributed by atoms with Gasteiger partial charge in [0.25, 0.3) is 0 Å². The summed E-state index contributed by atoms with van der Waals surface area (Å²) < 4.78 is 0. The first-order valence-corrected chi connectivity index (χ1v) is 12.7. The van der Waals surface area contributed by atoms with E-state index in [0.29, 0.717) is 5.25 Å². The zero-order valence-electron chi connectivity index (χ0n) is 5.20. The van der Waals surface area contributed by atoms with Crippen molar-refractivity contribution in [3.8, 4) is 0 Å². The second-order valence-electron chi connectivity index (χ2n) is 2.02. The van der Waals surface area contributed by atoms with E-state index in [1.54, 1.807) is 6.92 Å². The Bertz CT molecular complexity index is 132. The van der Waals surface area contributed by atoms with Crippen molar-refractivity contribution < 1.29 is 4.79 Å². The second kappa shape index (κ2) is 4.41. The van der Waals surface area contributed by atoms with E-state index in [-0.39, 0.29) is 5.92 Å². The number of halogens is 4. The second-order valence-corrected chi connectivity index (χ2v) is 18.9. The SMILES string of the molecule is CC([CH2][Ge]([Cl])([Cl])[Cl])C(=O)Cl. The van der Waals surface area contributed by atoms with Crippen LogP contribution in [0.25, 0.3) is 0 Å². The first-order valence-electron chi connectivity index (χ1n) is 2.59. The number of hydrogen-bond donors (Lipinski definition) is 0. The number of rotatable bonds is 3. The van der Waals surface area contributed by atoms with Gasteiger partial charge in [-0.25, -0.2) is 0 Å². The van der Waals surface area contributed by atoms with Crippen LogP contribution in [0.4, 0.5) is 0 Å². The molecule has 0 aliphatic rings. The Morgan fingerprint density at radius 3 is 2.00 bits per heavy atom. The molecule has 0 saturated heterocycles. The maximum absolute atomic E-state index is 10.4. The van der Waals surface area contributed by atoms with Gasteiger partial charge in [-0.1, -0.05) is 0 Å². The summed E-state index contributed by atoms with van der Waals surface area (Å²) in [5.41, 5.74) is 0. The average Bonchev–Trinajstić information content (AvgIpc) is 1.60. The molecule has 1 nitrogen and oxygen atoms in total. The molecule has 0 heterocycles. The van der Waals surface area contributed by atoms with Crippen LogP contribution < -0.4 is 0 Å². The van der Waals surface area contributed by atoms with Crippen molar-refractivity contribution in [2.75, 3.05) is 0 Å². The van der Waals surface area contributed by atoms with Gasteiger partial charge in [0.05, 0.1) is 0 Å². The molecule has 0 radical (unpaired) electrons. The molecule has 0 aliphatic carbocycles. The molecule has 60 valence electrons. The van der Waals surface area contributed by atoms with Gasteiger partial charge in [-0.05, 0) is 0 Å². The van der Waals surface area contributed by atoms with Gasteiger partial charge in [-0.3, -0.25) is 0 Å². The quantitative estimate of drug-likeness (QED) is 0.575. The molecular formula is C4H6Cl4GeO. The van der Waals surface area contributed by atoms with Crippen LogP contribution in [0.15, 0.2) is 0 Å². The van der Waals surface area contributed by atoms with E-state index < -0.39 is 15.7 Å². The molecular weight excluding hydrogens is 278 g/mol. The molecule has 0 aromatic carbocycles. The molecule has 0 aliphatic heterocycles. The molecule has 0 N–H and O–H groups in total. The molecule has 6 heteroatoms. The van der Waals surface area contributed by atoms with Crippen LogP contribution in [0, 0.1) is 5.92 Å². The summed E-state index contributed by atoms with van der Waals surface area (Å²) in [6, 6.07) is 0. The summed E-state index contributed by atoms with van der Waals surface area (Å²) in [4.78, 5) is 10.4. The third-order valence-electron chi connectivity index (χ3n) is 0.925. The monoisotopic (exact) mass is 284 g/mol. The van der Waals surface area contributed by atoms with Gasteiger partial charge >= 0.3 is 80.2 Å². The van der Waals surface area contributed by atoms with Crippen molar-refractivity contribution >= 4 is 57.4 Å². The summed E-state index contributed by atoms with van der Waals surface area (Å²) in [5, 5.41) is -0.0931. The minimum atomic E-state index is -3.12. The maximum atomic E-state index is 10.4. The van der Waals surface area contributed by atoms with E-state index in [4.69, 9.17) is 41.6 Å². The van der Waals surface area contributed by atoms with E-state index in [0.717, 1.165) is 0 Å². The number of hydrogen-bond acceptors (Lipinski definition) is 1. The molecule has 0 aromatic rings. The zero-order valence-corrected chi connectivity index (χ0v) is 10.3. The molecule has 10 heavy (non-hydrogen) atoms. The zero-order chi connectivity index (χ0) is 8.36. The van der Waals surface area contributed by atoms with Crippen LogP contribution >= 0.6 is 41.6 Å². The van der Waals surface area contributed by atoms with Crippen molar-refractivity contribution in [1.82, 2.24) is 0 Å². The summed E-state index contributed by atoms with van der Waals surface area (Å²) >= 11 is 5.15. The molecule has 0 spiro atoms. The summed E-state index contributed by atoms with van der Waals surface area (Å²) in [7, 11) is 13.6. The third kappa shape index (κ3) is 6.11. The fraction of sp³-hybridized carbons (Fsp3) is 0.750. The average molecular weight is 285 g/mol. The standard InChI is InChI=1S/C4H6Cl4GeO/c1-3(4(5)10)2-9(6,7)8/h3H,2H2,1H3. The van der Waals surface area contributed by atoms with E-state index in [9.17, 15) is 4.79 Å². The van der Waals surface area contributed by atoms with Crippen LogP contribution in [0.1, 0.15) is 6.92 Å². The van der Waals surface area contributed by atoms with E-state index in [1.165, 1.54) is 0 Å². The van der Waals surface area contributed by atoms with Gasteiger partial charge < -0.3 is 0 Å². The van der Waals surface area contributed by atoms with Crippen molar-refractivity contribution in [2.45, 2.75) is 12.2 Å². The summed E-state index contributed by atoms with van der Waals surface area (Å²) in [5.74, 6) is -0.325. The third-order valence-corrected chi connectivity index (χ3v) is 5.96. The van der Waals surface area contributed by atoms with E-state index >= 15 is 0 Å². The van der Waals surface area contributed by atoms with Gasteiger partial charge in [-0.2, -0.15) is 0 Å². The van der Waals surface area contributed by atoms with Gasteiger partial charge in [0.2, 0.25) is 0 Å². The first kappa shape index (κ1) is 11.4.